The van der Waals surface area contributed by atoms with Crippen molar-refractivity contribution in [3.63, 3.8) is 0 Å². The van der Waals surface area contributed by atoms with Gasteiger partial charge in [-0.25, -0.2) is 0 Å². The van der Waals surface area contributed by atoms with Gasteiger partial charge >= 0.3 is 0 Å². The second-order valence-corrected chi connectivity index (χ2v) is 5.34. The highest BCUT2D eigenvalue weighted by Gasteiger charge is 2.23. The van der Waals surface area contributed by atoms with E-state index in [2.05, 4.69) is 36.2 Å². The summed E-state index contributed by atoms with van der Waals surface area (Å²) in [5, 5.41) is 4.76. The van der Waals surface area contributed by atoms with Crippen LogP contribution in [-0.4, -0.2) is 30.1 Å². The van der Waals surface area contributed by atoms with E-state index in [0.717, 1.165) is 25.2 Å². The molecule has 2 heterocycles. The summed E-state index contributed by atoms with van der Waals surface area (Å²) in [5.41, 5.74) is 2.29. The molecule has 1 aromatic carbocycles. The van der Waals surface area contributed by atoms with Crippen molar-refractivity contribution in [1.82, 2.24) is 10.2 Å². The zero-order valence-corrected chi connectivity index (χ0v) is 12.2. The Morgan fingerprint density at radius 1 is 1.32 bits per heavy atom. The maximum absolute atomic E-state index is 5.61. The van der Waals surface area contributed by atoms with Crippen LogP contribution in [-0.2, 0) is 6.54 Å². The Hall–Kier alpha value is -1.03. The standard InChI is InChI=1S/C15H20N2O.ClH/c1-11-8-17(12(2)7-16-11)9-13-10-18-15-6-4-3-5-14(13)15;/h3-6,10-12,16H,7-9H2,1-2H3;1H. The summed E-state index contributed by atoms with van der Waals surface area (Å²) in [4.78, 5) is 2.53. The number of hydrogen-bond acceptors (Lipinski definition) is 3. The molecule has 0 bridgehead atoms. The fourth-order valence-electron chi connectivity index (χ4n) is 2.69. The molecule has 0 aliphatic carbocycles. The summed E-state index contributed by atoms with van der Waals surface area (Å²) in [6, 6.07) is 9.41. The Balaban J connectivity index is 0.00000133. The van der Waals surface area contributed by atoms with Crippen molar-refractivity contribution in [2.24, 2.45) is 0 Å². The van der Waals surface area contributed by atoms with E-state index in [1.807, 2.05) is 18.4 Å². The predicted octanol–water partition coefficient (Wildman–Crippen LogP) is 3.04. The molecule has 19 heavy (non-hydrogen) atoms. The van der Waals surface area contributed by atoms with Gasteiger partial charge in [-0.3, -0.25) is 4.90 Å². The number of benzene rings is 1. The third-order valence-corrected chi connectivity index (χ3v) is 3.83. The fraction of sp³-hybridized carbons (Fsp3) is 0.467. The van der Waals surface area contributed by atoms with Crippen molar-refractivity contribution >= 4 is 23.4 Å². The van der Waals surface area contributed by atoms with Crippen LogP contribution >= 0.6 is 12.4 Å². The topological polar surface area (TPSA) is 28.4 Å². The van der Waals surface area contributed by atoms with Crippen LogP contribution in [0, 0.1) is 0 Å². The molecule has 2 aromatic rings. The minimum absolute atomic E-state index is 0. The number of rotatable bonds is 2. The van der Waals surface area contributed by atoms with Gasteiger partial charge in [-0.2, -0.15) is 0 Å². The summed E-state index contributed by atoms with van der Waals surface area (Å²) < 4.78 is 5.61. The Bertz CT molecular complexity index is 540. The number of furan rings is 1. The molecule has 1 saturated heterocycles. The first-order valence-electron chi connectivity index (χ1n) is 6.66. The smallest absolute Gasteiger partial charge is 0.134 e. The van der Waals surface area contributed by atoms with Gasteiger partial charge in [-0.15, -0.1) is 12.4 Å². The number of nitrogens with zero attached hydrogens (tertiary/aromatic N) is 1. The van der Waals surface area contributed by atoms with Gasteiger partial charge in [0.2, 0.25) is 0 Å². The minimum Gasteiger partial charge on any atom is -0.464 e. The lowest BCUT2D eigenvalue weighted by atomic mass is 10.1. The average molecular weight is 281 g/mol. The van der Waals surface area contributed by atoms with Crippen molar-refractivity contribution in [3.05, 3.63) is 36.1 Å². The van der Waals surface area contributed by atoms with Crippen molar-refractivity contribution in [3.8, 4) is 0 Å². The van der Waals surface area contributed by atoms with E-state index in [0.29, 0.717) is 12.1 Å². The van der Waals surface area contributed by atoms with Crippen LogP contribution in [0.5, 0.6) is 0 Å². The quantitative estimate of drug-likeness (QED) is 0.917. The fourth-order valence-corrected chi connectivity index (χ4v) is 2.69. The van der Waals surface area contributed by atoms with Crippen LogP contribution in [0.3, 0.4) is 0 Å². The lowest BCUT2D eigenvalue weighted by Crippen LogP contribution is -2.53. The molecule has 0 radical (unpaired) electrons. The lowest BCUT2D eigenvalue weighted by Gasteiger charge is -2.37. The van der Waals surface area contributed by atoms with Crippen LogP contribution in [0.1, 0.15) is 19.4 Å². The van der Waals surface area contributed by atoms with Crippen molar-refractivity contribution in [1.29, 1.82) is 0 Å². The first-order chi connectivity index (χ1) is 8.74. The summed E-state index contributed by atoms with van der Waals surface area (Å²) in [7, 11) is 0. The van der Waals surface area contributed by atoms with Crippen LogP contribution in [0.2, 0.25) is 0 Å². The molecule has 3 rings (SSSR count). The molecule has 2 atom stereocenters. The molecule has 1 fully saturated rings. The second-order valence-electron chi connectivity index (χ2n) is 5.34. The molecular formula is C15H21ClN2O. The Morgan fingerprint density at radius 3 is 2.95 bits per heavy atom. The number of fused-ring (bicyclic) bond motifs is 1. The lowest BCUT2D eigenvalue weighted by molar-refractivity contribution is 0.139. The number of halogens is 1. The zero-order chi connectivity index (χ0) is 12.5. The monoisotopic (exact) mass is 280 g/mol. The molecule has 1 N–H and O–H groups in total. The first kappa shape index (κ1) is 14.4. The number of para-hydroxylation sites is 1. The van der Waals surface area contributed by atoms with Crippen LogP contribution in [0.25, 0.3) is 11.0 Å². The highest BCUT2D eigenvalue weighted by Crippen LogP contribution is 2.23. The number of piperazine rings is 1. The minimum atomic E-state index is 0. The highest BCUT2D eigenvalue weighted by atomic mass is 35.5. The molecule has 2 unspecified atom stereocenters. The summed E-state index contributed by atoms with van der Waals surface area (Å²) >= 11 is 0. The molecule has 0 amide bonds. The third-order valence-electron chi connectivity index (χ3n) is 3.83. The van der Waals surface area contributed by atoms with E-state index in [-0.39, 0.29) is 12.4 Å². The van der Waals surface area contributed by atoms with Gasteiger partial charge in [0, 0.05) is 42.7 Å². The van der Waals surface area contributed by atoms with E-state index in [1.165, 1.54) is 10.9 Å². The Kier molecular flexibility index (Phi) is 4.50. The second kappa shape index (κ2) is 5.95. The molecule has 4 heteroatoms. The molecule has 104 valence electrons. The predicted molar refractivity (Wildman–Crippen MR) is 80.8 cm³/mol. The molecule has 1 aliphatic heterocycles. The highest BCUT2D eigenvalue weighted by molar-refractivity contribution is 5.85. The van der Waals surface area contributed by atoms with Gasteiger partial charge in [-0.1, -0.05) is 18.2 Å². The van der Waals surface area contributed by atoms with Crippen molar-refractivity contribution in [2.45, 2.75) is 32.5 Å². The van der Waals surface area contributed by atoms with Crippen LogP contribution in [0.15, 0.2) is 34.9 Å². The average Bonchev–Trinajstić information content (AvgIpc) is 2.78. The van der Waals surface area contributed by atoms with E-state index in [4.69, 9.17) is 4.42 Å². The molecule has 1 aliphatic rings. The zero-order valence-electron chi connectivity index (χ0n) is 11.4. The number of nitrogens with one attached hydrogen (secondary N) is 1. The van der Waals surface area contributed by atoms with Gasteiger partial charge in [0.05, 0.1) is 6.26 Å². The van der Waals surface area contributed by atoms with Crippen LogP contribution in [0.4, 0.5) is 0 Å². The van der Waals surface area contributed by atoms with Gasteiger partial charge in [0.25, 0.3) is 0 Å². The third kappa shape index (κ3) is 2.94. The molecule has 3 nitrogen and oxygen atoms in total. The largest absolute Gasteiger partial charge is 0.464 e. The SMILES string of the molecule is CC1CN(Cc2coc3ccccc23)C(C)CN1.Cl. The molecular weight excluding hydrogens is 260 g/mol. The first-order valence-corrected chi connectivity index (χ1v) is 6.66. The maximum atomic E-state index is 5.61. The van der Waals surface area contributed by atoms with E-state index in [9.17, 15) is 0 Å². The van der Waals surface area contributed by atoms with E-state index >= 15 is 0 Å². The van der Waals surface area contributed by atoms with Crippen molar-refractivity contribution in [2.75, 3.05) is 13.1 Å². The summed E-state index contributed by atoms with van der Waals surface area (Å²) in [5.74, 6) is 0. The molecule has 1 aromatic heterocycles. The van der Waals surface area contributed by atoms with Gasteiger partial charge in [0.1, 0.15) is 5.58 Å². The summed E-state index contributed by atoms with van der Waals surface area (Å²) in [6.45, 7) is 7.66. The molecule has 0 spiro atoms. The Morgan fingerprint density at radius 2 is 2.11 bits per heavy atom. The number of hydrogen-bond donors (Lipinski definition) is 1. The molecule has 0 saturated carbocycles. The van der Waals surface area contributed by atoms with E-state index < -0.39 is 0 Å². The normalized spacial score (nSPS) is 24.3. The summed E-state index contributed by atoms with van der Waals surface area (Å²) in [6.07, 6.45) is 1.91. The van der Waals surface area contributed by atoms with Crippen molar-refractivity contribution < 1.29 is 4.42 Å². The van der Waals surface area contributed by atoms with Gasteiger partial charge < -0.3 is 9.73 Å². The van der Waals surface area contributed by atoms with Gasteiger partial charge in [0.15, 0.2) is 0 Å². The maximum Gasteiger partial charge on any atom is 0.134 e. The van der Waals surface area contributed by atoms with E-state index in [1.54, 1.807) is 0 Å². The van der Waals surface area contributed by atoms with Crippen LogP contribution < -0.4 is 5.32 Å². The van der Waals surface area contributed by atoms with Gasteiger partial charge in [-0.05, 0) is 19.9 Å². The Labute approximate surface area is 120 Å².